The average molecular weight is 284 g/mol. The normalized spacial score (nSPS) is 10.1. The van der Waals surface area contributed by atoms with Crippen molar-refractivity contribution in [2.45, 2.75) is 13.1 Å². The standard InChI is InChI=1S/C18H18ClN/c19-13-7-8-14-20(15-17-9-3-1-4-10-17)16-18-11-5-2-6-12-18/h1-6,9-12H,13-16H2. The highest BCUT2D eigenvalue weighted by Crippen LogP contribution is 2.09. The number of nitrogens with zero attached hydrogens (tertiary/aromatic N) is 1. The minimum Gasteiger partial charge on any atom is -0.284 e. The lowest BCUT2D eigenvalue weighted by atomic mass is 10.1. The number of halogens is 1. The van der Waals surface area contributed by atoms with Gasteiger partial charge in [-0.05, 0) is 11.1 Å². The molecule has 0 saturated heterocycles. The van der Waals surface area contributed by atoms with Gasteiger partial charge in [-0.2, -0.15) is 0 Å². The highest BCUT2D eigenvalue weighted by atomic mass is 35.5. The van der Waals surface area contributed by atoms with Gasteiger partial charge in [0.25, 0.3) is 0 Å². The molecule has 0 amide bonds. The lowest BCUT2D eigenvalue weighted by Crippen LogP contribution is -2.23. The molecule has 2 heteroatoms. The second kappa shape index (κ2) is 8.43. The summed E-state index contributed by atoms with van der Waals surface area (Å²) in [6.45, 7) is 2.52. The first kappa shape index (κ1) is 14.7. The Morgan fingerprint density at radius 2 is 1.25 bits per heavy atom. The molecule has 2 aromatic carbocycles. The van der Waals surface area contributed by atoms with Crippen molar-refractivity contribution in [2.24, 2.45) is 0 Å². The van der Waals surface area contributed by atoms with Crippen LogP contribution in [0.4, 0.5) is 0 Å². The number of hydrogen-bond donors (Lipinski definition) is 0. The molecule has 0 unspecified atom stereocenters. The fourth-order valence-corrected chi connectivity index (χ4v) is 2.16. The Balaban J connectivity index is 2.04. The van der Waals surface area contributed by atoms with E-state index in [-0.39, 0.29) is 0 Å². The topological polar surface area (TPSA) is 3.24 Å². The fraction of sp³-hybridized carbons (Fsp3) is 0.222. The first-order chi connectivity index (χ1) is 9.88. The Hall–Kier alpha value is -1.75. The van der Waals surface area contributed by atoms with Crippen molar-refractivity contribution in [3.8, 4) is 11.8 Å². The summed E-state index contributed by atoms with van der Waals surface area (Å²) in [5, 5.41) is 0. The molecule has 0 heterocycles. The van der Waals surface area contributed by atoms with E-state index in [0.29, 0.717) is 5.88 Å². The van der Waals surface area contributed by atoms with Crippen molar-refractivity contribution < 1.29 is 0 Å². The predicted octanol–water partition coefficient (Wildman–Crippen LogP) is 3.93. The summed E-state index contributed by atoms with van der Waals surface area (Å²) >= 11 is 5.61. The number of hydrogen-bond acceptors (Lipinski definition) is 1. The molecule has 0 aliphatic heterocycles. The molecule has 0 fully saturated rings. The molecule has 0 bridgehead atoms. The predicted molar refractivity (Wildman–Crippen MR) is 85.5 cm³/mol. The number of benzene rings is 2. The summed E-state index contributed by atoms with van der Waals surface area (Å²) in [5.74, 6) is 6.44. The zero-order chi connectivity index (χ0) is 14.0. The summed E-state index contributed by atoms with van der Waals surface area (Å²) in [6.07, 6.45) is 0. The van der Waals surface area contributed by atoms with Gasteiger partial charge in [-0.15, -0.1) is 11.6 Å². The molecule has 0 aromatic heterocycles. The highest BCUT2D eigenvalue weighted by molar-refractivity contribution is 6.19. The molecule has 102 valence electrons. The minimum atomic E-state index is 0.393. The van der Waals surface area contributed by atoms with Crippen molar-refractivity contribution in [3.05, 3.63) is 71.8 Å². The van der Waals surface area contributed by atoms with E-state index >= 15 is 0 Å². The molecule has 1 nitrogen and oxygen atoms in total. The van der Waals surface area contributed by atoms with Crippen molar-refractivity contribution in [3.63, 3.8) is 0 Å². The molecular formula is C18H18ClN. The van der Waals surface area contributed by atoms with Gasteiger partial charge in [-0.25, -0.2) is 0 Å². The van der Waals surface area contributed by atoms with E-state index < -0.39 is 0 Å². The molecule has 0 radical (unpaired) electrons. The van der Waals surface area contributed by atoms with Gasteiger partial charge < -0.3 is 0 Å². The first-order valence-electron chi connectivity index (χ1n) is 6.70. The van der Waals surface area contributed by atoms with E-state index in [9.17, 15) is 0 Å². The van der Waals surface area contributed by atoms with Crippen LogP contribution in [0.3, 0.4) is 0 Å². The summed E-state index contributed by atoms with van der Waals surface area (Å²) in [6, 6.07) is 20.9. The van der Waals surface area contributed by atoms with Crippen LogP contribution in [0.25, 0.3) is 0 Å². The molecule has 0 N–H and O–H groups in total. The van der Waals surface area contributed by atoms with Crippen molar-refractivity contribution >= 4 is 11.6 Å². The average Bonchev–Trinajstić information content (AvgIpc) is 2.49. The fourth-order valence-electron chi connectivity index (χ4n) is 2.07. The maximum atomic E-state index is 5.61. The molecule has 20 heavy (non-hydrogen) atoms. The van der Waals surface area contributed by atoms with Gasteiger partial charge in [0.15, 0.2) is 0 Å². The van der Waals surface area contributed by atoms with Gasteiger partial charge in [0.2, 0.25) is 0 Å². The van der Waals surface area contributed by atoms with Gasteiger partial charge in [-0.3, -0.25) is 4.90 Å². The van der Waals surface area contributed by atoms with Gasteiger partial charge >= 0.3 is 0 Å². The van der Waals surface area contributed by atoms with Crippen LogP contribution in [0, 0.1) is 11.8 Å². The summed E-state index contributed by atoms with van der Waals surface area (Å²) < 4.78 is 0. The van der Waals surface area contributed by atoms with Gasteiger partial charge in [-0.1, -0.05) is 72.5 Å². The molecule has 0 spiro atoms. The maximum absolute atomic E-state index is 5.61. The van der Waals surface area contributed by atoms with Crippen LogP contribution in [-0.2, 0) is 13.1 Å². The second-order valence-corrected chi connectivity index (χ2v) is 4.87. The zero-order valence-corrected chi connectivity index (χ0v) is 12.2. The molecule has 2 rings (SSSR count). The van der Waals surface area contributed by atoms with Gasteiger partial charge in [0.05, 0.1) is 12.4 Å². The van der Waals surface area contributed by atoms with E-state index in [1.165, 1.54) is 11.1 Å². The second-order valence-electron chi connectivity index (χ2n) is 4.60. The molecule has 0 aliphatic rings. The maximum Gasteiger partial charge on any atom is 0.0835 e. The Morgan fingerprint density at radius 1 is 0.750 bits per heavy atom. The third-order valence-electron chi connectivity index (χ3n) is 2.99. The van der Waals surface area contributed by atoms with Gasteiger partial charge in [0.1, 0.15) is 0 Å². The third kappa shape index (κ3) is 5.09. The van der Waals surface area contributed by atoms with Crippen molar-refractivity contribution in [2.75, 3.05) is 12.4 Å². The Kier molecular flexibility index (Phi) is 6.17. The lowest BCUT2D eigenvalue weighted by Gasteiger charge is -2.20. The van der Waals surface area contributed by atoms with E-state index in [1.807, 2.05) is 12.1 Å². The summed E-state index contributed by atoms with van der Waals surface area (Å²) in [5.41, 5.74) is 2.60. The lowest BCUT2D eigenvalue weighted by molar-refractivity contribution is 0.290. The minimum absolute atomic E-state index is 0.393. The quantitative estimate of drug-likeness (QED) is 0.594. The highest BCUT2D eigenvalue weighted by Gasteiger charge is 2.05. The van der Waals surface area contributed by atoms with E-state index in [4.69, 9.17) is 11.6 Å². The van der Waals surface area contributed by atoms with Crippen LogP contribution < -0.4 is 0 Å². The monoisotopic (exact) mass is 283 g/mol. The number of alkyl halides is 1. The van der Waals surface area contributed by atoms with Crippen LogP contribution in [0.15, 0.2) is 60.7 Å². The SMILES string of the molecule is ClCC#CCN(Cc1ccccc1)Cc1ccccc1. The molecule has 0 atom stereocenters. The van der Waals surface area contributed by atoms with Crippen LogP contribution in [0.5, 0.6) is 0 Å². The first-order valence-corrected chi connectivity index (χ1v) is 7.24. The molecule has 0 aliphatic carbocycles. The van der Waals surface area contributed by atoms with E-state index in [0.717, 1.165) is 19.6 Å². The van der Waals surface area contributed by atoms with Gasteiger partial charge in [0, 0.05) is 13.1 Å². The Labute approximate surface area is 126 Å². The van der Waals surface area contributed by atoms with Crippen LogP contribution in [0.2, 0.25) is 0 Å². The van der Waals surface area contributed by atoms with Crippen molar-refractivity contribution in [1.82, 2.24) is 4.90 Å². The third-order valence-corrected chi connectivity index (χ3v) is 3.13. The van der Waals surface area contributed by atoms with Crippen molar-refractivity contribution in [1.29, 1.82) is 0 Å². The van der Waals surface area contributed by atoms with E-state index in [2.05, 4.69) is 65.3 Å². The summed E-state index contributed by atoms with van der Waals surface area (Å²) in [7, 11) is 0. The summed E-state index contributed by atoms with van der Waals surface area (Å²) in [4.78, 5) is 2.32. The van der Waals surface area contributed by atoms with Crippen LogP contribution >= 0.6 is 11.6 Å². The van der Waals surface area contributed by atoms with E-state index in [1.54, 1.807) is 0 Å². The zero-order valence-electron chi connectivity index (χ0n) is 11.4. The molecule has 0 saturated carbocycles. The molecular weight excluding hydrogens is 266 g/mol. The largest absolute Gasteiger partial charge is 0.284 e. The van der Waals surface area contributed by atoms with Crippen LogP contribution in [-0.4, -0.2) is 17.3 Å². The Morgan fingerprint density at radius 3 is 1.70 bits per heavy atom. The molecule has 2 aromatic rings. The van der Waals surface area contributed by atoms with Crippen LogP contribution in [0.1, 0.15) is 11.1 Å². The Bertz CT molecular complexity index is 513. The number of rotatable bonds is 5. The smallest absolute Gasteiger partial charge is 0.0835 e.